The summed E-state index contributed by atoms with van der Waals surface area (Å²) in [5.74, 6) is 2.01. The van der Waals surface area contributed by atoms with Gasteiger partial charge in [-0.15, -0.1) is 10.2 Å². The molecule has 0 saturated carbocycles. The van der Waals surface area contributed by atoms with Gasteiger partial charge in [0.25, 0.3) is 0 Å². The van der Waals surface area contributed by atoms with Gasteiger partial charge in [0.1, 0.15) is 10.8 Å². The summed E-state index contributed by atoms with van der Waals surface area (Å²) in [6, 6.07) is 6.30. The van der Waals surface area contributed by atoms with Crippen LogP contribution in [0.25, 0.3) is 0 Å². The Morgan fingerprint density at radius 1 is 1.21 bits per heavy atom. The molecule has 0 saturated heterocycles. The van der Waals surface area contributed by atoms with Crippen LogP contribution in [0.2, 0.25) is 0 Å². The van der Waals surface area contributed by atoms with E-state index in [0.717, 1.165) is 33.9 Å². The SMILES string of the molecule is Cc1ccc(C)c(OCCCSc2nnc(C)s2)c1. The Hall–Kier alpha value is -1.07. The summed E-state index contributed by atoms with van der Waals surface area (Å²) in [7, 11) is 0. The number of thioether (sulfide) groups is 1. The molecule has 0 radical (unpaired) electrons. The van der Waals surface area contributed by atoms with Crippen molar-refractivity contribution >= 4 is 23.1 Å². The van der Waals surface area contributed by atoms with Crippen molar-refractivity contribution in [3.05, 3.63) is 34.3 Å². The van der Waals surface area contributed by atoms with Gasteiger partial charge >= 0.3 is 0 Å². The normalized spacial score (nSPS) is 10.7. The topological polar surface area (TPSA) is 35.0 Å². The second-order valence-electron chi connectivity index (χ2n) is 4.41. The molecular weight excluding hydrogens is 276 g/mol. The zero-order chi connectivity index (χ0) is 13.7. The molecule has 0 bridgehead atoms. The van der Waals surface area contributed by atoms with Gasteiger partial charge < -0.3 is 4.74 Å². The molecule has 1 aromatic carbocycles. The number of rotatable bonds is 6. The largest absolute Gasteiger partial charge is 0.493 e. The summed E-state index contributed by atoms with van der Waals surface area (Å²) in [5.41, 5.74) is 2.43. The van der Waals surface area contributed by atoms with Crippen molar-refractivity contribution in [1.29, 1.82) is 0 Å². The third-order valence-corrected chi connectivity index (χ3v) is 4.68. The fourth-order valence-electron chi connectivity index (χ4n) is 1.60. The first-order chi connectivity index (χ1) is 9.15. The molecule has 1 heterocycles. The molecule has 102 valence electrons. The highest BCUT2D eigenvalue weighted by molar-refractivity contribution is 8.01. The van der Waals surface area contributed by atoms with E-state index in [1.54, 1.807) is 23.1 Å². The van der Waals surface area contributed by atoms with Crippen LogP contribution in [0, 0.1) is 20.8 Å². The first-order valence-electron chi connectivity index (χ1n) is 6.28. The predicted octanol–water partition coefficient (Wildman–Crippen LogP) is 4.02. The Balaban J connectivity index is 1.70. The van der Waals surface area contributed by atoms with Gasteiger partial charge in [0, 0.05) is 5.75 Å². The second-order valence-corrected chi connectivity index (χ2v) is 6.93. The highest BCUT2D eigenvalue weighted by Gasteiger charge is 2.02. The van der Waals surface area contributed by atoms with Crippen LogP contribution in [0.1, 0.15) is 22.6 Å². The van der Waals surface area contributed by atoms with E-state index in [-0.39, 0.29) is 0 Å². The number of hydrogen-bond acceptors (Lipinski definition) is 5. The van der Waals surface area contributed by atoms with E-state index in [1.807, 2.05) is 6.92 Å². The van der Waals surface area contributed by atoms with Crippen LogP contribution in [-0.4, -0.2) is 22.6 Å². The van der Waals surface area contributed by atoms with Gasteiger partial charge in [-0.05, 0) is 44.4 Å². The second kappa shape index (κ2) is 6.91. The molecule has 1 aromatic heterocycles. The molecule has 5 heteroatoms. The highest BCUT2D eigenvalue weighted by atomic mass is 32.2. The molecule has 0 aliphatic heterocycles. The molecule has 0 N–H and O–H groups in total. The molecule has 0 atom stereocenters. The lowest BCUT2D eigenvalue weighted by Gasteiger charge is -2.09. The van der Waals surface area contributed by atoms with Crippen molar-refractivity contribution in [2.24, 2.45) is 0 Å². The molecule has 3 nitrogen and oxygen atoms in total. The van der Waals surface area contributed by atoms with Gasteiger partial charge in [-0.25, -0.2) is 0 Å². The van der Waals surface area contributed by atoms with Crippen LogP contribution in [0.15, 0.2) is 22.5 Å². The Morgan fingerprint density at radius 2 is 2.05 bits per heavy atom. The number of nitrogens with zero attached hydrogens (tertiary/aromatic N) is 2. The maximum Gasteiger partial charge on any atom is 0.174 e. The Bertz CT molecular complexity index is 540. The smallest absolute Gasteiger partial charge is 0.174 e. The average Bonchev–Trinajstić information content (AvgIpc) is 2.79. The van der Waals surface area contributed by atoms with E-state index in [9.17, 15) is 0 Å². The summed E-state index contributed by atoms with van der Waals surface area (Å²) in [6.45, 7) is 6.88. The molecular formula is C14H18N2OS2. The van der Waals surface area contributed by atoms with Crippen LogP contribution in [0.3, 0.4) is 0 Å². The maximum absolute atomic E-state index is 5.81. The van der Waals surface area contributed by atoms with Crippen molar-refractivity contribution in [2.75, 3.05) is 12.4 Å². The zero-order valence-electron chi connectivity index (χ0n) is 11.5. The third kappa shape index (κ3) is 4.51. The minimum Gasteiger partial charge on any atom is -0.493 e. The molecule has 0 aliphatic carbocycles. The number of ether oxygens (including phenoxy) is 1. The molecule has 0 unspecified atom stereocenters. The van der Waals surface area contributed by atoms with Crippen molar-refractivity contribution < 1.29 is 4.74 Å². The molecule has 2 aromatic rings. The Labute approximate surface area is 122 Å². The number of hydrogen-bond donors (Lipinski definition) is 0. The lowest BCUT2D eigenvalue weighted by molar-refractivity contribution is 0.316. The summed E-state index contributed by atoms with van der Waals surface area (Å²) < 4.78 is 6.86. The Kier molecular flexibility index (Phi) is 5.22. The molecule has 2 rings (SSSR count). The molecule has 0 amide bonds. The summed E-state index contributed by atoms with van der Waals surface area (Å²) in [5, 5.41) is 9.11. The lowest BCUT2D eigenvalue weighted by Crippen LogP contribution is -2.00. The van der Waals surface area contributed by atoms with Gasteiger partial charge in [-0.2, -0.15) is 0 Å². The van der Waals surface area contributed by atoms with Gasteiger partial charge in [-0.1, -0.05) is 35.2 Å². The number of benzene rings is 1. The van der Waals surface area contributed by atoms with Gasteiger partial charge in [0.05, 0.1) is 6.61 Å². The first kappa shape index (κ1) is 14.3. The van der Waals surface area contributed by atoms with Crippen LogP contribution in [-0.2, 0) is 0 Å². The van der Waals surface area contributed by atoms with E-state index in [1.165, 1.54) is 11.1 Å². The third-order valence-electron chi connectivity index (χ3n) is 2.62. The first-order valence-corrected chi connectivity index (χ1v) is 8.08. The standard InChI is InChI=1S/C14H18N2OS2/c1-10-5-6-11(2)13(9-10)17-7-4-8-18-14-16-15-12(3)19-14/h5-6,9H,4,7-8H2,1-3H3. The summed E-state index contributed by atoms with van der Waals surface area (Å²) in [4.78, 5) is 0. The van der Waals surface area contributed by atoms with Gasteiger partial charge in [-0.3, -0.25) is 0 Å². The fourth-order valence-corrected chi connectivity index (χ4v) is 3.40. The highest BCUT2D eigenvalue weighted by Crippen LogP contribution is 2.23. The minimum absolute atomic E-state index is 0.745. The van der Waals surface area contributed by atoms with Crippen molar-refractivity contribution in [3.8, 4) is 5.75 Å². The number of aryl methyl sites for hydroxylation is 3. The minimum atomic E-state index is 0.745. The van der Waals surface area contributed by atoms with E-state index >= 15 is 0 Å². The predicted molar refractivity (Wildman–Crippen MR) is 81.4 cm³/mol. The average molecular weight is 294 g/mol. The molecule has 19 heavy (non-hydrogen) atoms. The van der Waals surface area contributed by atoms with Crippen LogP contribution < -0.4 is 4.74 Å². The summed E-state index contributed by atoms with van der Waals surface area (Å²) in [6.07, 6.45) is 1.01. The van der Waals surface area contributed by atoms with Crippen LogP contribution in [0.4, 0.5) is 0 Å². The monoisotopic (exact) mass is 294 g/mol. The van der Waals surface area contributed by atoms with Crippen molar-refractivity contribution in [3.63, 3.8) is 0 Å². The number of aromatic nitrogens is 2. The van der Waals surface area contributed by atoms with E-state index in [0.29, 0.717) is 0 Å². The maximum atomic E-state index is 5.81. The van der Waals surface area contributed by atoms with Crippen LogP contribution in [0.5, 0.6) is 5.75 Å². The summed E-state index contributed by atoms with van der Waals surface area (Å²) >= 11 is 3.40. The van der Waals surface area contributed by atoms with Crippen molar-refractivity contribution in [1.82, 2.24) is 10.2 Å². The molecule has 0 spiro atoms. The quantitative estimate of drug-likeness (QED) is 0.595. The molecule has 0 aliphatic rings. The zero-order valence-corrected chi connectivity index (χ0v) is 13.1. The Morgan fingerprint density at radius 3 is 2.79 bits per heavy atom. The van der Waals surface area contributed by atoms with Gasteiger partial charge in [0.2, 0.25) is 0 Å². The molecule has 0 fully saturated rings. The van der Waals surface area contributed by atoms with E-state index in [2.05, 4.69) is 42.2 Å². The van der Waals surface area contributed by atoms with Gasteiger partial charge in [0.15, 0.2) is 4.34 Å². The van der Waals surface area contributed by atoms with E-state index < -0.39 is 0 Å². The van der Waals surface area contributed by atoms with Crippen molar-refractivity contribution in [2.45, 2.75) is 31.5 Å². The fraction of sp³-hybridized carbons (Fsp3) is 0.429. The van der Waals surface area contributed by atoms with E-state index in [4.69, 9.17) is 4.74 Å². The lowest BCUT2D eigenvalue weighted by atomic mass is 10.1. The van der Waals surface area contributed by atoms with Crippen LogP contribution >= 0.6 is 23.1 Å².